The van der Waals surface area contributed by atoms with Gasteiger partial charge in [0.1, 0.15) is 5.69 Å². The lowest BCUT2D eigenvalue weighted by molar-refractivity contribution is 0.102. The Kier molecular flexibility index (Phi) is 5.93. The Hall–Kier alpha value is -1.63. The van der Waals surface area contributed by atoms with E-state index in [9.17, 15) is 4.79 Å². The first kappa shape index (κ1) is 18.2. The molecule has 0 radical (unpaired) electrons. The summed E-state index contributed by atoms with van der Waals surface area (Å²) in [5.74, 6) is 0.311. The standard InChI is InChI=1S/C18H22ClN3O2S/c1-12(2)10-16-20-15(11-25-16)18(23)21-14-5-3-4-13(19)17(14)22-6-8-24-9-7-22/h3-5,11-12H,6-10H2,1-2H3,(H,21,23). The monoisotopic (exact) mass is 379 g/mol. The molecule has 1 aliphatic rings. The second-order valence-corrected chi connectivity index (χ2v) is 7.76. The molecule has 134 valence electrons. The van der Waals surface area contributed by atoms with E-state index >= 15 is 0 Å². The van der Waals surface area contributed by atoms with Crippen molar-refractivity contribution < 1.29 is 9.53 Å². The molecule has 3 rings (SSSR count). The summed E-state index contributed by atoms with van der Waals surface area (Å²) in [5.41, 5.74) is 2.00. The molecule has 1 saturated heterocycles. The molecule has 0 unspecified atom stereocenters. The number of carbonyl (C=O) groups is 1. The molecule has 1 amide bonds. The molecule has 2 heterocycles. The number of hydrogen-bond acceptors (Lipinski definition) is 5. The van der Waals surface area contributed by atoms with Crippen LogP contribution in [-0.4, -0.2) is 37.2 Å². The zero-order valence-electron chi connectivity index (χ0n) is 14.4. The van der Waals surface area contributed by atoms with Crippen molar-refractivity contribution in [3.8, 4) is 0 Å². The summed E-state index contributed by atoms with van der Waals surface area (Å²) in [6, 6.07) is 5.55. The number of para-hydroxylation sites is 1. The van der Waals surface area contributed by atoms with Crippen LogP contribution in [0.3, 0.4) is 0 Å². The molecule has 5 nitrogen and oxygen atoms in total. The lowest BCUT2D eigenvalue weighted by atomic mass is 10.1. The van der Waals surface area contributed by atoms with Gasteiger partial charge in [0.2, 0.25) is 0 Å². The van der Waals surface area contributed by atoms with Crippen molar-refractivity contribution in [2.24, 2.45) is 5.92 Å². The molecule has 2 aromatic rings. The van der Waals surface area contributed by atoms with E-state index in [1.54, 1.807) is 0 Å². The molecule has 7 heteroatoms. The number of nitrogens with zero attached hydrogens (tertiary/aromatic N) is 2. The first-order valence-electron chi connectivity index (χ1n) is 8.41. The highest BCUT2D eigenvalue weighted by molar-refractivity contribution is 7.09. The molecule has 0 aliphatic carbocycles. The van der Waals surface area contributed by atoms with Gasteiger partial charge in [-0.25, -0.2) is 4.98 Å². The molecule has 1 N–H and O–H groups in total. The quantitative estimate of drug-likeness (QED) is 0.850. The maximum atomic E-state index is 12.6. The number of benzene rings is 1. The third kappa shape index (κ3) is 4.51. The van der Waals surface area contributed by atoms with Crippen LogP contribution in [0.2, 0.25) is 5.02 Å². The number of thiazole rings is 1. The summed E-state index contributed by atoms with van der Waals surface area (Å²) < 4.78 is 5.40. The Labute approximate surface area is 157 Å². The maximum Gasteiger partial charge on any atom is 0.275 e. The van der Waals surface area contributed by atoms with E-state index < -0.39 is 0 Å². The molecule has 1 aromatic carbocycles. The van der Waals surface area contributed by atoms with Crippen LogP contribution in [0, 0.1) is 5.92 Å². The van der Waals surface area contributed by atoms with Crippen LogP contribution in [0.1, 0.15) is 29.3 Å². The fraction of sp³-hybridized carbons (Fsp3) is 0.444. The van der Waals surface area contributed by atoms with E-state index in [1.807, 2.05) is 23.6 Å². The SMILES string of the molecule is CC(C)Cc1nc(C(=O)Nc2cccc(Cl)c2N2CCOCC2)cs1. The molecule has 1 aromatic heterocycles. The molecule has 0 atom stereocenters. The number of nitrogens with one attached hydrogen (secondary N) is 1. The second-order valence-electron chi connectivity index (χ2n) is 6.41. The summed E-state index contributed by atoms with van der Waals surface area (Å²) in [6.45, 7) is 7.10. The summed E-state index contributed by atoms with van der Waals surface area (Å²) in [7, 11) is 0. The minimum atomic E-state index is -0.206. The topological polar surface area (TPSA) is 54.5 Å². The average Bonchev–Trinajstić information content (AvgIpc) is 3.03. The van der Waals surface area contributed by atoms with Gasteiger partial charge in [-0.2, -0.15) is 0 Å². The number of halogens is 1. The van der Waals surface area contributed by atoms with Gasteiger partial charge in [0.15, 0.2) is 0 Å². The van der Waals surface area contributed by atoms with E-state index in [0.29, 0.717) is 35.5 Å². The predicted octanol–water partition coefficient (Wildman–Crippen LogP) is 4.08. The van der Waals surface area contributed by atoms with E-state index in [1.165, 1.54) is 11.3 Å². The highest BCUT2D eigenvalue weighted by Gasteiger charge is 2.20. The summed E-state index contributed by atoms with van der Waals surface area (Å²) >= 11 is 7.93. The van der Waals surface area contributed by atoms with Crippen molar-refractivity contribution in [2.45, 2.75) is 20.3 Å². The molecule has 1 aliphatic heterocycles. The Bertz CT molecular complexity index is 742. The van der Waals surface area contributed by atoms with Crippen molar-refractivity contribution in [2.75, 3.05) is 36.5 Å². The third-order valence-corrected chi connectivity index (χ3v) is 5.11. The van der Waals surface area contributed by atoms with Gasteiger partial charge in [0.05, 0.1) is 34.6 Å². The summed E-state index contributed by atoms with van der Waals surface area (Å²) in [4.78, 5) is 19.2. The average molecular weight is 380 g/mol. The Balaban J connectivity index is 1.79. The van der Waals surface area contributed by atoms with Gasteiger partial charge in [-0.1, -0.05) is 31.5 Å². The highest BCUT2D eigenvalue weighted by atomic mass is 35.5. The fourth-order valence-corrected chi connectivity index (χ4v) is 4.05. The Morgan fingerprint density at radius 3 is 2.88 bits per heavy atom. The van der Waals surface area contributed by atoms with Crippen molar-refractivity contribution in [1.29, 1.82) is 0 Å². The zero-order chi connectivity index (χ0) is 17.8. The molecule has 0 saturated carbocycles. The molecular formula is C18H22ClN3O2S. The Morgan fingerprint density at radius 2 is 2.16 bits per heavy atom. The number of amides is 1. The largest absolute Gasteiger partial charge is 0.378 e. The van der Waals surface area contributed by atoms with Crippen molar-refractivity contribution >= 4 is 40.2 Å². The number of carbonyl (C=O) groups excluding carboxylic acids is 1. The van der Waals surface area contributed by atoms with Crippen LogP contribution in [0.5, 0.6) is 0 Å². The smallest absolute Gasteiger partial charge is 0.275 e. The fourth-order valence-electron chi connectivity index (χ4n) is 2.77. The van der Waals surface area contributed by atoms with E-state index in [4.69, 9.17) is 16.3 Å². The number of hydrogen-bond donors (Lipinski definition) is 1. The lowest BCUT2D eigenvalue weighted by Crippen LogP contribution is -2.37. The maximum absolute atomic E-state index is 12.6. The minimum Gasteiger partial charge on any atom is -0.378 e. The molecule has 0 bridgehead atoms. The van der Waals surface area contributed by atoms with E-state index in [2.05, 4.69) is 29.0 Å². The van der Waals surface area contributed by atoms with Crippen molar-refractivity contribution in [1.82, 2.24) is 4.98 Å². The molecular weight excluding hydrogens is 358 g/mol. The van der Waals surface area contributed by atoms with Gasteiger partial charge in [0, 0.05) is 24.9 Å². The number of rotatable bonds is 5. The van der Waals surface area contributed by atoms with Crippen LogP contribution in [0.4, 0.5) is 11.4 Å². The van der Waals surface area contributed by atoms with Crippen LogP contribution in [-0.2, 0) is 11.2 Å². The number of aromatic nitrogens is 1. The van der Waals surface area contributed by atoms with E-state index in [0.717, 1.165) is 30.2 Å². The van der Waals surface area contributed by atoms with Gasteiger partial charge < -0.3 is 15.0 Å². The van der Waals surface area contributed by atoms with Crippen LogP contribution >= 0.6 is 22.9 Å². The first-order chi connectivity index (χ1) is 12.0. The summed E-state index contributed by atoms with van der Waals surface area (Å²) in [5, 5.41) is 6.39. The molecule has 1 fully saturated rings. The van der Waals surface area contributed by atoms with Crippen LogP contribution in [0.25, 0.3) is 0 Å². The predicted molar refractivity (Wildman–Crippen MR) is 103 cm³/mol. The minimum absolute atomic E-state index is 0.206. The number of morpholine rings is 1. The normalized spacial score (nSPS) is 14.8. The highest BCUT2D eigenvalue weighted by Crippen LogP contribution is 2.34. The lowest BCUT2D eigenvalue weighted by Gasteiger charge is -2.31. The van der Waals surface area contributed by atoms with Crippen molar-refractivity contribution in [3.63, 3.8) is 0 Å². The van der Waals surface area contributed by atoms with Gasteiger partial charge >= 0.3 is 0 Å². The van der Waals surface area contributed by atoms with Crippen LogP contribution < -0.4 is 10.2 Å². The van der Waals surface area contributed by atoms with Gasteiger partial charge in [-0.05, 0) is 18.1 Å². The molecule has 0 spiro atoms. The number of anilines is 2. The first-order valence-corrected chi connectivity index (χ1v) is 9.67. The number of ether oxygens (including phenoxy) is 1. The summed E-state index contributed by atoms with van der Waals surface area (Å²) in [6.07, 6.45) is 0.883. The van der Waals surface area contributed by atoms with Crippen LogP contribution in [0.15, 0.2) is 23.6 Å². The van der Waals surface area contributed by atoms with Gasteiger partial charge in [-0.15, -0.1) is 11.3 Å². The zero-order valence-corrected chi connectivity index (χ0v) is 16.0. The second kappa shape index (κ2) is 8.17. The van der Waals surface area contributed by atoms with Gasteiger partial charge in [0.25, 0.3) is 5.91 Å². The van der Waals surface area contributed by atoms with Gasteiger partial charge in [-0.3, -0.25) is 4.79 Å². The van der Waals surface area contributed by atoms with E-state index in [-0.39, 0.29) is 5.91 Å². The molecule has 25 heavy (non-hydrogen) atoms. The Morgan fingerprint density at radius 1 is 1.40 bits per heavy atom. The third-order valence-electron chi connectivity index (χ3n) is 3.93. The van der Waals surface area contributed by atoms with Crippen molar-refractivity contribution in [3.05, 3.63) is 39.3 Å².